The number of likely N-dealkylation sites (tertiary alicyclic amines) is 1. The largest absolute Gasteiger partial charge is 0.481 e. The first kappa shape index (κ1) is 16.6. The summed E-state index contributed by atoms with van der Waals surface area (Å²) in [4.78, 5) is 51.0. The molecular formula is C16H15BrN2O5. The van der Waals surface area contributed by atoms with Crippen LogP contribution in [0.25, 0.3) is 0 Å². The SMILES string of the molecule is CC(C(=O)N1CCC(C(=O)O)C1)N1C(=O)c2ccc(Br)cc2C1=O. The smallest absolute Gasteiger partial charge is 0.308 e. The maximum atomic E-state index is 12.6. The van der Waals surface area contributed by atoms with Crippen LogP contribution >= 0.6 is 15.9 Å². The van der Waals surface area contributed by atoms with E-state index in [1.807, 2.05) is 0 Å². The Morgan fingerprint density at radius 3 is 2.54 bits per heavy atom. The lowest BCUT2D eigenvalue weighted by Crippen LogP contribution is -2.49. The maximum Gasteiger partial charge on any atom is 0.308 e. The van der Waals surface area contributed by atoms with E-state index in [0.29, 0.717) is 17.4 Å². The average molecular weight is 395 g/mol. The number of hydrogen-bond acceptors (Lipinski definition) is 4. The molecule has 8 heteroatoms. The fourth-order valence-electron chi connectivity index (χ4n) is 3.12. The molecule has 1 N–H and O–H groups in total. The Hall–Kier alpha value is -2.22. The molecular weight excluding hydrogens is 380 g/mol. The number of benzene rings is 1. The molecule has 0 bridgehead atoms. The lowest BCUT2D eigenvalue weighted by atomic mass is 10.1. The zero-order chi connectivity index (χ0) is 17.6. The van der Waals surface area contributed by atoms with Gasteiger partial charge in [-0.15, -0.1) is 0 Å². The molecule has 0 aromatic heterocycles. The van der Waals surface area contributed by atoms with Crippen molar-refractivity contribution in [3.8, 4) is 0 Å². The van der Waals surface area contributed by atoms with Gasteiger partial charge < -0.3 is 10.0 Å². The van der Waals surface area contributed by atoms with Crippen LogP contribution < -0.4 is 0 Å². The highest BCUT2D eigenvalue weighted by Crippen LogP contribution is 2.28. The van der Waals surface area contributed by atoms with Crippen molar-refractivity contribution in [2.24, 2.45) is 5.92 Å². The number of hydrogen-bond donors (Lipinski definition) is 1. The fourth-order valence-corrected chi connectivity index (χ4v) is 3.48. The summed E-state index contributed by atoms with van der Waals surface area (Å²) in [5.41, 5.74) is 0.534. The fraction of sp³-hybridized carbons (Fsp3) is 0.375. The minimum absolute atomic E-state index is 0.104. The predicted molar refractivity (Wildman–Crippen MR) is 86.4 cm³/mol. The number of rotatable bonds is 3. The molecule has 1 saturated heterocycles. The van der Waals surface area contributed by atoms with Crippen LogP contribution in [0.5, 0.6) is 0 Å². The maximum absolute atomic E-state index is 12.6. The Morgan fingerprint density at radius 2 is 1.92 bits per heavy atom. The van der Waals surface area contributed by atoms with E-state index in [1.165, 1.54) is 11.8 Å². The molecule has 0 aliphatic carbocycles. The van der Waals surface area contributed by atoms with Crippen LogP contribution in [0.1, 0.15) is 34.1 Å². The van der Waals surface area contributed by atoms with Gasteiger partial charge in [0.15, 0.2) is 0 Å². The van der Waals surface area contributed by atoms with Crippen LogP contribution in [0.15, 0.2) is 22.7 Å². The van der Waals surface area contributed by atoms with Gasteiger partial charge in [0.25, 0.3) is 11.8 Å². The van der Waals surface area contributed by atoms with E-state index in [-0.39, 0.29) is 17.7 Å². The van der Waals surface area contributed by atoms with Gasteiger partial charge in [0.1, 0.15) is 6.04 Å². The van der Waals surface area contributed by atoms with E-state index in [2.05, 4.69) is 15.9 Å². The second kappa shape index (κ2) is 6.01. The van der Waals surface area contributed by atoms with E-state index in [4.69, 9.17) is 5.11 Å². The van der Waals surface area contributed by atoms with Crippen LogP contribution in [-0.4, -0.2) is 57.7 Å². The Kier molecular flexibility index (Phi) is 4.16. The lowest BCUT2D eigenvalue weighted by molar-refractivity contribution is -0.141. The Labute approximate surface area is 146 Å². The summed E-state index contributed by atoms with van der Waals surface area (Å²) >= 11 is 3.26. The van der Waals surface area contributed by atoms with Crippen LogP contribution in [0.3, 0.4) is 0 Å². The van der Waals surface area contributed by atoms with Gasteiger partial charge in [-0.05, 0) is 31.5 Å². The molecule has 2 unspecified atom stereocenters. The first-order valence-corrected chi connectivity index (χ1v) is 8.29. The molecule has 1 fully saturated rings. The number of aliphatic carboxylic acids is 1. The second-order valence-electron chi connectivity index (χ2n) is 5.95. The monoisotopic (exact) mass is 394 g/mol. The van der Waals surface area contributed by atoms with Crippen molar-refractivity contribution >= 4 is 39.6 Å². The molecule has 0 spiro atoms. The lowest BCUT2D eigenvalue weighted by Gasteiger charge is -2.26. The molecule has 126 valence electrons. The van der Waals surface area contributed by atoms with E-state index < -0.39 is 35.7 Å². The number of amides is 3. The quantitative estimate of drug-likeness (QED) is 0.781. The van der Waals surface area contributed by atoms with Gasteiger partial charge in [-0.25, -0.2) is 0 Å². The number of fused-ring (bicyclic) bond motifs is 1. The normalized spacial score (nSPS) is 21.2. The summed E-state index contributed by atoms with van der Waals surface area (Å²) in [5.74, 6) is -2.96. The molecule has 2 aliphatic rings. The number of imide groups is 1. The van der Waals surface area contributed by atoms with Gasteiger partial charge in [-0.2, -0.15) is 0 Å². The average Bonchev–Trinajstić information content (AvgIpc) is 3.11. The standard InChI is InChI=1S/C16H15BrN2O5/c1-8(13(20)18-5-4-9(7-18)16(23)24)19-14(21)11-3-2-10(17)6-12(11)15(19)22/h2-3,6,8-9H,4-5,7H2,1H3,(H,23,24). The molecule has 3 rings (SSSR count). The van der Waals surface area contributed by atoms with Gasteiger partial charge in [0.05, 0.1) is 17.0 Å². The second-order valence-corrected chi connectivity index (χ2v) is 6.87. The number of carboxylic acid groups (broad SMARTS) is 1. The van der Waals surface area contributed by atoms with E-state index in [0.717, 1.165) is 4.90 Å². The summed E-state index contributed by atoms with van der Waals surface area (Å²) in [5, 5.41) is 9.03. The molecule has 0 saturated carbocycles. The molecule has 1 aromatic rings. The van der Waals surface area contributed by atoms with Gasteiger partial charge in [-0.3, -0.25) is 24.1 Å². The number of carbonyl (C=O) groups is 4. The van der Waals surface area contributed by atoms with E-state index >= 15 is 0 Å². The van der Waals surface area contributed by atoms with Gasteiger partial charge in [0, 0.05) is 17.6 Å². The topological polar surface area (TPSA) is 95.0 Å². The highest BCUT2D eigenvalue weighted by atomic mass is 79.9. The zero-order valence-electron chi connectivity index (χ0n) is 12.9. The molecule has 24 heavy (non-hydrogen) atoms. The molecule has 3 amide bonds. The minimum Gasteiger partial charge on any atom is -0.481 e. The van der Waals surface area contributed by atoms with Gasteiger partial charge in [-0.1, -0.05) is 15.9 Å². The van der Waals surface area contributed by atoms with Crippen molar-refractivity contribution in [1.29, 1.82) is 0 Å². The van der Waals surface area contributed by atoms with Crippen molar-refractivity contribution < 1.29 is 24.3 Å². The third-order valence-corrected chi connectivity index (χ3v) is 4.97. The minimum atomic E-state index is -0.969. The van der Waals surface area contributed by atoms with Crippen LogP contribution in [-0.2, 0) is 9.59 Å². The van der Waals surface area contributed by atoms with Crippen molar-refractivity contribution in [3.05, 3.63) is 33.8 Å². The number of nitrogens with zero attached hydrogens (tertiary/aromatic N) is 2. The molecule has 2 heterocycles. The summed E-state index contributed by atoms with van der Waals surface area (Å²) < 4.78 is 0.673. The van der Waals surface area contributed by atoms with E-state index in [9.17, 15) is 19.2 Å². The third-order valence-electron chi connectivity index (χ3n) is 4.47. The molecule has 2 atom stereocenters. The highest BCUT2D eigenvalue weighted by molar-refractivity contribution is 9.10. The first-order chi connectivity index (χ1) is 11.3. The zero-order valence-corrected chi connectivity index (χ0v) is 14.4. The van der Waals surface area contributed by atoms with Crippen molar-refractivity contribution in [2.45, 2.75) is 19.4 Å². The number of halogens is 1. The third kappa shape index (κ3) is 2.60. The highest BCUT2D eigenvalue weighted by Gasteiger charge is 2.43. The van der Waals surface area contributed by atoms with Crippen LogP contribution in [0.4, 0.5) is 0 Å². The number of carbonyl (C=O) groups excluding carboxylic acids is 3. The van der Waals surface area contributed by atoms with Gasteiger partial charge in [0.2, 0.25) is 5.91 Å². The van der Waals surface area contributed by atoms with Crippen LogP contribution in [0, 0.1) is 5.92 Å². The number of carboxylic acids is 1. The van der Waals surface area contributed by atoms with Crippen LogP contribution in [0.2, 0.25) is 0 Å². The molecule has 1 aromatic carbocycles. The summed E-state index contributed by atoms with van der Waals surface area (Å²) in [6.45, 7) is 1.91. The molecule has 0 radical (unpaired) electrons. The van der Waals surface area contributed by atoms with Crippen molar-refractivity contribution in [3.63, 3.8) is 0 Å². The molecule has 2 aliphatic heterocycles. The summed E-state index contributed by atoms with van der Waals surface area (Å²) in [6.07, 6.45) is 0.378. The summed E-state index contributed by atoms with van der Waals surface area (Å²) in [6, 6.07) is 3.80. The van der Waals surface area contributed by atoms with E-state index in [1.54, 1.807) is 18.2 Å². The van der Waals surface area contributed by atoms with Crippen molar-refractivity contribution in [1.82, 2.24) is 9.80 Å². The predicted octanol–water partition coefficient (Wildman–Crippen LogP) is 1.37. The Morgan fingerprint density at radius 1 is 1.25 bits per heavy atom. The van der Waals surface area contributed by atoms with Crippen molar-refractivity contribution in [2.75, 3.05) is 13.1 Å². The Balaban J connectivity index is 1.80. The summed E-state index contributed by atoms with van der Waals surface area (Å²) in [7, 11) is 0. The van der Waals surface area contributed by atoms with Gasteiger partial charge >= 0.3 is 5.97 Å². The first-order valence-electron chi connectivity index (χ1n) is 7.50. The molecule has 7 nitrogen and oxygen atoms in total. The Bertz CT molecular complexity index is 763.